The van der Waals surface area contributed by atoms with Crippen molar-refractivity contribution < 1.29 is 9.47 Å². The van der Waals surface area contributed by atoms with Crippen molar-refractivity contribution in [2.24, 2.45) is 4.99 Å². The van der Waals surface area contributed by atoms with Crippen molar-refractivity contribution in [2.75, 3.05) is 38.4 Å². The van der Waals surface area contributed by atoms with Gasteiger partial charge in [-0.1, -0.05) is 12.1 Å². The Hall–Kier alpha value is -2.45. The molecule has 1 unspecified atom stereocenters. The lowest BCUT2D eigenvalue weighted by atomic mass is 10.2. The Morgan fingerprint density at radius 1 is 1.37 bits per heavy atom. The van der Waals surface area contributed by atoms with Crippen LogP contribution in [0, 0.1) is 6.92 Å². The minimum Gasteiger partial charge on any atom is -0.492 e. The molecular formula is C19H26N6O2. The number of rotatable bonds is 5. The van der Waals surface area contributed by atoms with E-state index in [9.17, 15) is 0 Å². The maximum atomic E-state index is 5.71. The van der Waals surface area contributed by atoms with Crippen LogP contribution in [-0.2, 0) is 4.74 Å². The summed E-state index contributed by atoms with van der Waals surface area (Å²) in [5, 5.41) is 7.49. The van der Waals surface area contributed by atoms with Gasteiger partial charge in [-0.15, -0.1) is 0 Å². The zero-order chi connectivity index (χ0) is 18.6. The molecule has 1 aromatic heterocycles. The Morgan fingerprint density at radius 3 is 3.04 bits per heavy atom. The lowest BCUT2D eigenvalue weighted by Crippen LogP contribution is -2.48. The summed E-state index contributed by atoms with van der Waals surface area (Å²) in [4.78, 5) is 16.0. The van der Waals surface area contributed by atoms with E-state index in [1.807, 2.05) is 32.0 Å². The SMILES string of the molecule is CCOc1cccc2c(C)nc(NC3=NCN(CC4CCCO4)CN3)nc12. The maximum absolute atomic E-state index is 5.71. The van der Waals surface area contributed by atoms with Gasteiger partial charge in [-0.05, 0) is 32.8 Å². The van der Waals surface area contributed by atoms with Gasteiger partial charge in [0.2, 0.25) is 11.9 Å². The number of hydrogen-bond donors (Lipinski definition) is 2. The van der Waals surface area contributed by atoms with E-state index in [0.717, 1.165) is 55.0 Å². The third-order valence-corrected chi connectivity index (χ3v) is 4.79. The predicted octanol–water partition coefficient (Wildman–Crippen LogP) is 2.10. The molecule has 2 N–H and O–H groups in total. The van der Waals surface area contributed by atoms with Gasteiger partial charge in [-0.25, -0.2) is 15.0 Å². The molecule has 1 atom stereocenters. The number of nitrogens with one attached hydrogen (secondary N) is 2. The van der Waals surface area contributed by atoms with Crippen molar-refractivity contribution >= 4 is 22.8 Å². The molecule has 144 valence electrons. The first-order chi connectivity index (χ1) is 13.2. The van der Waals surface area contributed by atoms with Crippen molar-refractivity contribution in [3.8, 4) is 5.75 Å². The zero-order valence-corrected chi connectivity index (χ0v) is 15.9. The van der Waals surface area contributed by atoms with Crippen LogP contribution in [0.4, 0.5) is 5.95 Å². The number of aromatic nitrogens is 2. The first-order valence-corrected chi connectivity index (χ1v) is 9.52. The van der Waals surface area contributed by atoms with Crippen LogP contribution < -0.4 is 15.4 Å². The summed E-state index contributed by atoms with van der Waals surface area (Å²) >= 11 is 0. The molecule has 4 rings (SSSR count). The highest BCUT2D eigenvalue weighted by Crippen LogP contribution is 2.26. The standard InChI is InChI=1S/C19H26N6O2/c1-3-26-16-8-4-7-15-13(2)22-19(23-17(15)16)24-18-20-11-25(12-21-18)10-14-6-5-9-27-14/h4,7-8,14H,3,5-6,9-12H2,1-2H3,(H2,20,21,22,23,24). The average molecular weight is 370 g/mol. The number of benzene rings is 1. The van der Waals surface area contributed by atoms with Crippen molar-refractivity contribution in [3.63, 3.8) is 0 Å². The highest BCUT2D eigenvalue weighted by atomic mass is 16.5. The maximum Gasteiger partial charge on any atom is 0.230 e. The number of nitrogens with zero attached hydrogens (tertiary/aromatic N) is 4. The van der Waals surface area contributed by atoms with E-state index in [0.29, 0.717) is 31.3 Å². The highest BCUT2D eigenvalue weighted by Gasteiger charge is 2.21. The summed E-state index contributed by atoms with van der Waals surface area (Å²) in [5.74, 6) is 1.97. The lowest BCUT2D eigenvalue weighted by Gasteiger charge is -2.28. The zero-order valence-electron chi connectivity index (χ0n) is 15.9. The third kappa shape index (κ3) is 4.12. The highest BCUT2D eigenvalue weighted by molar-refractivity contribution is 5.94. The molecule has 0 bridgehead atoms. The summed E-state index contributed by atoms with van der Waals surface area (Å²) in [5.41, 5.74) is 1.71. The van der Waals surface area contributed by atoms with Crippen LogP contribution in [0.5, 0.6) is 5.75 Å². The fraction of sp³-hybridized carbons (Fsp3) is 0.526. The number of hydrogen-bond acceptors (Lipinski definition) is 8. The van der Waals surface area contributed by atoms with Crippen LogP contribution in [0.15, 0.2) is 23.2 Å². The molecule has 27 heavy (non-hydrogen) atoms. The van der Waals surface area contributed by atoms with Gasteiger partial charge in [0.05, 0.1) is 31.7 Å². The van der Waals surface area contributed by atoms with Gasteiger partial charge in [0, 0.05) is 18.5 Å². The van der Waals surface area contributed by atoms with Gasteiger partial charge in [0.25, 0.3) is 0 Å². The first kappa shape index (κ1) is 17.9. The number of fused-ring (bicyclic) bond motifs is 1. The topological polar surface area (TPSA) is 83.9 Å². The Labute approximate surface area is 159 Å². The molecule has 0 spiro atoms. The second kappa shape index (κ2) is 8.06. The van der Waals surface area contributed by atoms with E-state index in [1.165, 1.54) is 0 Å². The van der Waals surface area contributed by atoms with Gasteiger partial charge < -0.3 is 14.8 Å². The minimum atomic E-state index is 0.333. The summed E-state index contributed by atoms with van der Waals surface area (Å²) in [7, 11) is 0. The summed E-state index contributed by atoms with van der Waals surface area (Å²) < 4.78 is 11.4. The molecule has 0 radical (unpaired) electrons. The monoisotopic (exact) mass is 370 g/mol. The third-order valence-electron chi connectivity index (χ3n) is 4.79. The van der Waals surface area contributed by atoms with Crippen LogP contribution in [0.2, 0.25) is 0 Å². The molecule has 3 heterocycles. The van der Waals surface area contributed by atoms with Crippen LogP contribution in [0.1, 0.15) is 25.5 Å². The van der Waals surface area contributed by atoms with E-state index in [1.54, 1.807) is 0 Å². The minimum absolute atomic E-state index is 0.333. The fourth-order valence-corrected chi connectivity index (χ4v) is 3.46. The lowest BCUT2D eigenvalue weighted by molar-refractivity contribution is 0.0715. The predicted molar refractivity (Wildman–Crippen MR) is 105 cm³/mol. The van der Waals surface area contributed by atoms with Crippen LogP contribution >= 0.6 is 0 Å². The van der Waals surface area contributed by atoms with E-state index in [2.05, 4.69) is 30.5 Å². The van der Waals surface area contributed by atoms with Crippen molar-refractivity contribution in [2.45, 2.75) is 32.8 Å². The number of aliphatic imine (C=N–C) groups is 1. The molecule has 1 aromatic carbocycles. The van der Waals surface area contributed by atoms with E-state index in [4.69, 9.17) is 9.47 Å². The van der Waals surface area contributed by atoms with Crippen molar-refractivity contribution in [1.82, 2.24) is 20.2 Å². The average Bonchev–Trinajstić information content (AvgIpc) is 3.17. The fourth-order valence-electron chi connectivity index (χ4n) is 3.46. The van der Waals surface area contributed by atoms with Gasteiger partial charge in [-0.3, -0.25) is 10.2 Å². The van der Waals surface area contributed by atoms with Gasteiger partial charge >= 0.3 is 0 Å². The molecule has 0 aliphatic carbocycles. The molecule has 2 aliphatic heterocycles. The van der Waals surface area contributed by atoms with E-state index >= 15 is 0 Å². The molecule has 2 aliphatic rings. The summed E-state index contributed by atoms with van der Waals surface area (Å²) in [6.07, 6.45) is 2.63. The van der Waals surface area contributed by atoms with Gasteiger partial charge in [0.1, 0.15) is 11.3 Å². The van der Waals surface area contributed by atoms with E-state index in [-0.39, 0.29) is 0 Å². The molecular weight excluding hydrogens is 344 g/mol. The summed E-state index contributed by atoms with van der Waals surface area (Å²) in [6, 6.07) is 5.91. The Bertz CT molecular complexity index is 834. The van der Waals surface area contributed by atoms with Gasteiger partial charge in [0.15, 0.2) is 0 Å². The molecule has 1 fully saturated rings. The number of ether oxygens (including phenoxy) is 2. The smallest absolute Gasteiger partial charge is 0.230 e. The molecule has 0 saturated carbocycles. The first-order valence-electron chi connectivity index (χ1n) is 9.52. The normalized spacial score (nSPS) is 20.4. The molecule has 8 nitrogen and oxygen atoms in total. The van der Waals surface area contributed by atoms with Crippen molar-refractivity contribution in [3.05, 3.63) is 23.9 Å². The Kier molecular flexibility index (Phi) is 5.35. The Morgan fingerprint density at radius 2 is 2.30 bits per heavy atom. The van der Waals surface area contributed by atoms with Crippen LogP contribution in [0.3, 0.4) is 0 Å². The van der Waals surface area contributed by atoms with E-state index < -0.39 is 0 Å². The molecule has 0 amide bonds. The van der Waals surface area contributed by atoms with Crippen LogP contribution in [-0.4, -0.2) is 60.0 Å². The number of aryl methyl sites for hydroxylation is 1. The largest absolute Gasteiger partial charge is 0.492 e. The van der Waals surface area contributed by atoms with Crippen molar-refractivity contribution in [1.29, 1.82) is 0 Å². The molecule has 8 heteroatoms. The summed E-state index contributed by atoms with van der Waals surface area (Å²) in [6.45, 7) is 7.69. The number of anilines is 1. The van der Waals surface area contributed by atoms with Gasteiger partial charge in [-0.2, -0.15) is 0 Å². The van der Waals surface area contributed by atoms with Crippen LogP contribution in [0.25, 0.3) is 10.9 Å². The quantitative estimate of drug-likeness (QED) is 0.834. The Balaban J connectivity index is 1.47. The second-order valence-corrected chi connectivity index (χ2v) is 6.81. The molecule has 1 saturated heterocycles. The number of para-hydroxylation sites is 1. The second-order valence-electron chi connectivity index (χ2n) is 6.81. The molecule has 2 aromatic rings. The number of guanidine groups is 1.